The molecule has 0 spiro atoms. The number of aromatic nitrogens is 4. The van der Waals surface area contributed by atoms with Crippen molar-refractivity contribution in [2.75, 3.05) is 31.1 Å². The number of benzene rings is 6. The number of hydrogen-bond donors (Lipinski definition) is 3. The normalized spacial score (nSPS) is 14.2. The number of aromatic carboxylic acids is 1. The topological polar surface area (TPSA) is 258 Å². The van der Waals surface area contributed by atoms with E-state index in [2.05, 4.69) is 15.8 Å². The molecule has 0 amide bonds. The standard InChI is InChI=1S/C26H22N4O5.C25H20N4O5.Li.H2O/c1-34-26(31)24-23(17-11-13-19(14-12-17)35-18-7-3-2-4-8-18)28-25-21(15-16-27-29(24)25)20-9-5-6-10-22(20)30(32)33;30-25(31)23-22(16-10-12-18(13-11-16)34-17-6-2-1-3-7-17)27-24-20(14-15-26-28(23)24)19-8-4-5-9-21(19)29(32)33;;/h2-14,21,27H,15-16H2,1H3;1-13,20,26H,14-15H2,(H,30,31);;1H2/q;;+1;/p-1. The summed E-state index contributed by atoms with van der Waals surface area (Å²) in [6, 6.07) is 46.1. The number of nitro benzene ring substituents is 2. The van der Waals surface area contributed by atoms with Gasteiger partial charge >= 0.3 is 30.8 Å². The Morgan fingerprint density at radius 1 is 0.577 bits per heavy atom. The number of carboxylic acids is 1. The second-order valence-corrected chi connectivity index (χ2v) is 15.8. The van der Waals surface area contributed by atoms with Gasteiger partial charge in [-0.05, 0) is 85.6 Å². The molecular formula is C51H43LiN8O11. The zero-order valence-corrected chi connectivity index (χ0v) is 38.2. The third-order valence-corrected chi connectivity index (χ3v) is 11.6. The van der Waals surface area contributed by atoms with Gasteiger partial charge in [-0.3, -0.25) is 20.2 Å². The van der Waals surface area contributed by atoms with Crippen molar-refractivity contribution in [3.63, 3.8) is 0 Å². The summed E-state index contributed by atoms with van der Waals surface area (Å²) in [7, 11) is 1.31. The van der Waals surface area contributed by atoms with E-state index in [4.69, 9.17) is 19.2 Å². The predicted molar refractivity (Wildman–Crippen MR) is 256 cm³/mol. The Morgan fingerprint density at radius 2 is 0.944 bits per heavy atom. The minimum absolute atomic E-state index is 0. The van der Waals surface area contributed by atoms with Crippen molar-refractivity contribution in [1.29, 1.82) is 0 Å². The van der Waals surface area contributed by atoms with Crippen LogP contribution in [0.3, 0.4) is 0 Å². The quantitative estimate of drug-likeness (QED) is 0.0483. The van der Waals surface area contributed by atoms with Gasteiger partial charge in [-0.25, -0.2) is 28.9 Å². The van der Waals surface area contributed by atoms with Gasteiger partial charge in [-0.2, -0.15) is 0 Å². The molecule has 0 bridgehead atoms. The van der Waals surface area contributed by atoms with Gasteiger partial charge in [0, 0.05) is 47.5 Å². The molecule has 2 aliphatic heterocycles. The summed E-state index contributed by atoms with van der Waals surface area (Å²) < 4.78 is 19.8. The van der Waals surface area contributed by atoms with E-state index in [-0.39, 0.29) is 58.7 Å². The average molecular weight is 951 g/mol. The first-order valence-corrected chi connectivity index (χ1v) is 21.8. The number of nitro groups is 2. The number of esters is 1. The van der Waals surface area contributed by atoms with Crippen LogP contribution in [0.5, 0.6) is 23.0 Å². The largest absolute Gasteiger partial charge is 1.00 e. The molecule has 4 N–H and O–H groups in total. The molecule has 0 saturated carbocycles. The second kappa shape index (κ2) is 22.1. The van der Waals surface area contributed by atoms with Gasteiger partial charge in [0.2, 0.25) is 0 Å². The summed E-state index contributed by atoms with van der Waals surface area (Å²) in [5.41, 5.74) is 9.56. The van der Waals surface area contributed by atoms with E-state index in [0.717, 1.165) is 0 Å². The number of rotatable bonds is 12. The number of fused-ring (bicyclic) bond motifs is 2. The van der Waals surface area contributed by atoms with Gasteiger partial charge in [-0.1, -0.05) is 72.8 Å². The van der Waals surface area contributed by atoms with Crippen LogP contribution in [0, 0.1) is 20.2 Å². The maximum absolute atomic E-state index is 12.8. The predicted octanol–water partition coefficient (Wildman–Crippen LogP) is 6.97. The third kappa shape index (κ3) is 10.5. The fourth-order valence-corrected chi connectivity index (χ4v) is 8.54. The fourth-order valence-electron chi connectivity index (χ4n) is 8.54. The summed E-state index contributed by atoms with van der Waals surface area (Å²) in [6.07, 6.45) is 1.13. The van der Waals surface area contributed by atoms with E-state index in [1.807, 2.05) is 72.8 Å². The molecule has 6 aromatic carbocycles. The molecule has 4 heterocycles. The van der Waals surface area contributed by atoms with Crippen molar-refractivity contribution in [1.82, 2.24) is 19.3 Å². The number of hydrogen-bond acceptors (Lipinski definition) is 14. The molecule has 2 unspecified atom stereocenters. The van der Waals surface area contributed by atoms with Crippen LogP contribution in [0.1, 0.15) is 68.4 Å². The molecule has 20 heteroatoms. The molecule has 19 nitrogen and oxygen atoms in total. The number of nitrogens with zero attached hydrogens (tertiary/aromatic N) is 6. The van der Waals surface area contributed by atoms with E-state index in [1.54, 1.807) is 77.5 Å². The van der Waals surface area contributed by atoms with Crippen molar-refractivity contribution >= 4 is 23.3 Å². The van der Waals surface area contributed by atoms with Crippen molar-refractivity contribution < 1.29 is 63.1 Å². The summed E-state index contributed by atoms with van der Waals surface area (Å²) in [4.78, 5) is 57.0. The monoisotopic (exact) mass is 950 g/mol. The van der Waals surface area contributed by atoms with Gasteiger partial charge in [0.25, 0.3) is 11.4 Å². The number of para-hydroxylation sites is 4. The average Bonchev–Trinajstić information content (AvgIpc) is 3.98. The molecule has 354 valence electrons. The first-order valence-electron chi connectivity index (χ1n) is 21.8. The van der Waals surface area contributed by atoms with E-state index in [1.165, 1.54) is 23.9 Å². The molecule has 0 saturated heterocycles. The number of nitrogens with one attached hydrogen (secondary N) is 2. The third-order valence-electron chi connectivity index (χ3n) is 11.6. The van der Waals surface area contributed by atoms with Crippen molar-refractivity contribution in [3.8, 4) is 45.5 Å². The minimum atomic E-state index is -1.14. The fraction of sp³-hybridized carbons (Fsp3) is 0.137. The van der Waals surface area contributed by atoms with Crippen LogP contribution in [0.25, 0.3) is 22.5 Å². The number of imidazole rings is 2. The number of carbonyl (C=O) groups is 2. The molecule has 0 aliphatic carbocycles. The Kier molecular flexibility index (Phi) is 15.6. The maximum Gasteiger partial charge on any atom is 1.00 e. The molecular weight excluding hydrogens is 908 g/mol. The number of methoxy groups -OCH3 is 1. The molecule has 71 heavy (non-hydrogen) atoms. The minimum Gasteiger partial charge on any atom is -0.870 e. The Hall–Kier alpha value is -8.76. The van der Waals surface area contributed by atoms with Gasteiger partial charge in [0.15, 0.2) is 11.4 Å². The zero-order valence-electron chi connectivity index (χ0n) is 38.2. The smallest absolute Gasteiger partial charge is 0.870 e. The van der Waals surface area contributed by atoms with E-state index < -0.39 is 27.7 Å². The molecule has 8 aromatic rings. The first-order chi connectivity index (χ1) is 33.6. The van der Waals surface area contributed by atoms with Crippen LogP contribution in [-0.4, -0.2) is 71.9 Å². The van der Waals surface area contributed by atoms with Crippen LogP contribution in [0.4, 0.5) is 11.4 Å². The van der Waals surface area contributed by atoms with Gasteiger partial charge in [0.05, 0.1) is 28.8 Å². The van der Waals surface area contributed by atoms with Crippen molar-refractivity contribution in [3.05, 3.63) is 212 Å². The Labute approximate surface area is 417 Å². The van der Waals surface area contributed by atoms with Gasteiger partial charge < -0.3 is 35.6 Å². The van der Waals surface area contributed by atoms with E-state index in [9.17, 15) is 34.9 Å². The summed E-state index contributed by atoms with van der Waals surface area (Å²) >= 11 is 0. The molecule has 2 aliphatic rings. The van der Waals surface area contributed by atoms with E-state index >= 15 is 0 Å². The maximum atomic E-state index is 12.8. The number of carbonyl (C=O) groups excluding carboxylic acids is 1. The van der Waals surface area contributed by atoms with Crippen LogP contribution < -0.4 is 39.2 Å². The Balaban J connectivity index is 0.000000203. The second-order valence-electron chi connectivity index (χ2n) is 15.8. The number of carboxylic acid groups (broad SMARTS) is 1. The summed E-state index contributed by atoms with van der Waals surface area (Å²) in [5, 5.41) is 33.2. The molecule has 2 atom stereocenters. The summed E-state index contributed by atoms with van der Waals surface area (Å²) in [5.74, 6) is 1.10. The summed E-state index contributed by atoms with van der Waals surface area (Å²) in [6.45, 7) is 0.955. The van der Waals surface area contributed by atoms with Gasteiger partial charge in [0.1, 0.15) is 46.0 Å². The van der Waals surface area contributed by atoms with Crippen LogP contribution >= 0.6 is 0 Å². The molecule has 2 aromatic heterocycles. The molecule has 0 fully saturated rings. The van der Waals surface area contributed by atoms with Crippen LogP contribution in [0.2, 0.25) is 0 Å². The Bertz CT molecular complexity index is 3190. The molecule has 10 rings (SSSR count). The zero-order chi connectivity index (χ0) is 48.0. The first kappa shape index (κ1) is 50.1. The van der Waals surface area contributed by atoms with Crippen LogP contribution in [0.15, 0.2) is 158 Å². The van der Waals surface area contributed by atoms with E-state index in [0.29, 0.717) is 88.5 Å². The van der Waals surface area contributed by atoms with Crippen LogP contribution in [-0.2, 0) is 4.74 Å². The van der Waals surface area contributed by atoms with Crippen molar-refractivity contribution in [2.45, 2.75) is 24.7 Å². The van der Waals surface area contributed by atoms with Gasteiger partial charge in [-0.15, -0.1) is 0 Å². The molecule has 0 radical (unpaired) electrons. The number of ether oxygens (including phenoxy) is 3. The SMILES string of the molecule is COC(=O)c1c(-c2ccc(Oc3ccccc3)cc2)nc2n1NCCC2c1ccccc1[N+](=O)[O-].O=C(O)c1c(-c2ccc(Oc3ccccc3)cc2)nc2n1NCCC2c1ccccc1[N+](=O)[O-].[Li+].[OH-]. The van der Waals surface area contributed by atoms with Crippen molar-refractivity contribution in [2.24, 2.45) is 0 Å². The Morgan fingerprint density at radius 3 is 1.34 bits per heavy atom.